The van der Waals surface area contributed by atoms with Gasteiger partial charge in [-0.2, -0.15) is 5.10 Å². The van der Waals surface area contributed by atoms with E-state index in [-0.39, 0.29) is 24.0 Å². The van der Waals surface area contributed by atoms with Gasteiger partial charge in [0.15, 0.2) is 12.4 Å². The lowest BCUT2D eigenvalue weighted by Crippen LogP contribution is -2.46. The van der Waals surface area contributed by atoms with Gasteiger partial charge < -0.3 is 9.64 Å². The summed E-state index contributed by atoms with van der Waals surface area (Å²) >= 11 is 0. The van der Waals surface area contributed by atoms with E-state index in [0.29, 0.717) is 31.2 Å². The molecule has 1 atom stereocenters. The summed E-state index contributed by atoms with van der Waals surface area (Å²) in [5, 5.41) is 4.48. The van der Waals surface area contributed by atoms with Crippen molar-refractivity contribution in [2.45, 2.75) is 26.1 Å². The molecule has 0 bridgehead atoms. The van der Waals surface area contributed by atoms with Crippen molar-refractivity contribution in [1.29, 1.82) is 0 Å². The SMILES string of the molecule is CCn1nc2n(c1=O)CCN(C(=O)COc1ccc(F)cc1)C2c1ccccc1. The lowest BCUT2D eigenvalue weighted by Gasteiger charge is -2.35. The number of amides is 1. The highest BCUT2D eigenvalue weighted by atomic mass is 19.1. The van der Waals surface area contributed by atoms with Gasteiger partial charge in [0.25, 0.3) is 5.91 Å². The minimum absolute atomic E-state index is 0.168. The normalized spacial score (nSPS) is 15.8. The molecule has 0 fully saturated rings. The number of carbonyl (C=O) groups is 1. The molecule has 1 unspecified atom stereocenters. The first-order chi connectivity index (χ1) is 14.1. The first-order valence-electron chi connectivity index (χ1n) is 9.49. The molecule has 1 aromatic heterocycles. The summed E-state index contributed by atoms with van der Waals surface area (Å²) in [4.78, 5) is 27.2. The van der Waals surface area contributed by atoms with E-state index in [1.807, 2.05) is 37.3 Å². The van der Waals surface area contributed by atoms with Gasteiger partial charge in [0, 0.05) is 19.6 Å². The topological polar surface area (TPSA) is 69.4 Å². The Hall–Kier alpha value is -3.42. The maximum Gasteiger partial charge on any atom is 0.346 e. The zero-order valence-electron chi connectivity index (χ0n) is 16.0. The van der Waals surface area contributed by atoms with Gasteiger partial charge in [0.05, 0.1) is 0 Å². The Morgan fingerprint density at radius 1 is 1.14 bits per heavy atom. The van der Waals surface area contributed by atoms with E-state index in [1.165, 1.54) is 28.9 Å². The smallest absolute Gasteiger partial charge is 0.346 e. The van der Waals surface area contributed by atoms with Crippen LogP contribution in [0.4, 0.5) is 4.39 Å². The lowest BCUT2D eigenvalue weighted by molar-refractivity contribution is -0.136. The zero-order valence-corrected chi connectivity index (χ0v) is 16.0. The van der Waals surface area contributed by atoms with Gasteiger partial charge >= 0.3 is 5.69 Å². The Bertz CT molecular complexity index is 1060. The highest BCUT2D eigenvalue weighted by molar-refractivity contribution is 5.78. The molecule has 0 saturated carbocycles. The van der Waals surface area contributed by atoms with E-state index in [2.05, 4.69) is 5.10 Å². The summed E-state index contributed by atoms with van der Waals surface area (Å²) in [6.45, 7) is 2.88. The monoisotopic (exact) mass is 396 g/mol. The van der Waals surface area contributed by atoms with Crippen molar-refractivity contribution in [3.63, 3.8) is 0 Å². The maximum atomic E-state index is 13.1. The van der Waals surface area contributed by atoms with Crippen LogP contribution < -0.4 is 10.4 Å². The summed E-state index contributed by atoms with van der Waals surface area (Å²) in [5.74, 6) is 0.367. The predicted molar refractivity (Wildman–Crippen MR) is 104 cm³/mol. The number of benzene rings is 2. The molecular formula is C21H21FN4O3. The standard InChI is InChI=1S/C21H21FN4O3/c1-2-26-21(28)25-13-12-24(18(27)14-29-17-10-8-16(22)9-11-17)19(20(25)23-26)15-6-4-3-5-7-15/h3-11,19H,2,12-14H2,1H3. The fourth-order valence-corrected chi connectivity index (χ4v) is 3.54. The molecular weight excluding hydrogens is 375 g/mol. The van der Waals surface area contributed by atoms with E-state index in [0.717, 1.165) is 5.56 Å². The number of fused-ring (bicyclic) bond motifs is 1. The van der Waals surface area contributed by atoms with Crippen molar-refractivity contribution in [2.24, 2.45) is 0 Å². The number of nitrogens with zero attached hydrogens (tertiary/aromatic N) is 4. The van der Waals surface area contributed by atoms with Crippen LogP contribution in [0.25, 0.3) is 0 Å². The average molecular weight is 396 g/mol. The molecule has 3 aromatic rings. The predicted octanol–water partition coefficient (Wildman–Crippen LogP) is 2.21. The maximum absolute atomic E-state index is 13.1. The van der Waals surface area contributed by atoms with E-state index in [9.17, 15) is 14.0 Å². The van der Waals surface area contributed by atoms with Gasteiger partial charge in [-0.05, 0) is 36.8 Å². The van der Waals surface area contributed by atoms with Gasteiger partial charge in [-0.15, -0.1) is 0 Å². The second-order valence-electron chi connectivity index (χ2n) is 6.75. The summed E-state index contributed by atoms with van der Waals surface area (Å²) in [6.07, 6.45) is 0. The molecule has 8 heteroatoms. The average Bonchev–Trinajstić information content (AvgIpc) is 3.09. The van der Waals surface area contributed by atoms with Crippen LogP contribution in [0.15, 0.2) is 59.4 Å². The quantitative estimate of drug-likeness (QED) is 0.663. The molecule has 4 rings (SSSR count). The van der Waals surface area contributed by atoms with E-state index < -0.39 is 6.04 Å². The fourth-order valence-electron chi connectivity index (χ4n) is 3.54. The molecule has 150 valence electrons. The minimum Gasteiger partial charge on any atom is -0.484 e. The molecule has 2 aromatic carbocycles. The molecule has 29 heavy (non-hydrogen) atoms. The Labute approximate surface area is 166 Å². The second kappa shape index (κ2) is 7.90. The molecule has 2 heterocycles. The van der Waals surface area contributed by atoms with E-state index in [4.69, 9.17) is 4.74 Å². The van der Waals surface area contributed by atoms with E-state index >= 15 is 0 Å². The Morgan fingerprint density at radius 2 is 1.86 bits per heavy atom. The number of carbonyl (C=O) groups excluding carboxylic acids is 1. The van der Waals surface area contributed by atoms with Crippen LogP contribution in [0.5, 0.6) is 5.75 Å². The molecule has 0 saturated heterocycles. The molecule has 1 aliphatic rings. The number of ether oxygens (including phenoxy) is 1. The fraction of sp³-hybridized carbons (Fsp3) is 0.286. The van der Waals surface area contributed by atoms with Crippen molar-refractivity contribution in [2.75, 3.05) is 13.2 Å². The van der Waals surface area contributed by atoms with Crippen LogP contribution >= 0.6 is 0 Å². The van der Waals surface area contributed by atoms with Gasteiger partial charge in [0.1, 0.15) is 17.6 Å². The van der Waals surface area contributed by atoms with Crippen molar-refractivity contribution < 1.29 is 13.9 Å². The summed E-state index contributed by atoms with van der Waals surface area (Å²) < 4.78 is 21.6. The van der Waals surface area contributed by atoms with Crippen LogP contribution in [-0.2, 0) is 17.9 Å². The van der Waals surface area contributed by atoms with E-state index in [1.54, 1.807) is 9.47 Å². The first kappa shape index (κ1) is 18.9. The number of rotatable bonds is 5. The first-order valence-corrected chi connectivity index (χ1v) is 9.49. The summed E-state index contributed by atoms with van der Waals surface area (Å²) in [6, 6.07) is 14.5. The molecule has 0 spiro atoms. The Morgan fingerprint density at radius 3 is 2.55 bits per heavy atom. The number of aromatic nitrogens is 3. The summed E-state index contributed by atoms with van der Waals surface area (Å²) in [5.41, 5.74) is 0.704. The number of hydrogen-bond acceptors (Lipinski definition) is 4. The van der Waals surface area contributed by atoms with Crippen molar-refractivity contribution in [3.8, 4) is 5.75 Å². The number of halogens is 1. The van der Waals surface area contributed by atoms with Crippen molar-refractivity contribution in [3.05, 3.63) is 82.3 Å². The molecule has 1 aliphatic heterocycles. The van der Waals surface area contributed by atoms with Crippen molar-refractivity contribution in [1.82, 2.24) is 19.2 Å². The molecule has 0 aliphatic carbocycles. The van der Waals surface area contributed by atoms with Crippen LogP contribution in [-0.4, -0.2) is 38.3 Å². The second-order valence-corrected chi connectivity index (χ2v) is 6.75. The highest BCUT2D eigenvalue weighted by Gasteiger charge is 2.35. The third kappa shape index (κ3) is 3.65. The van der Waals surface area contributed by atoms with Crippen LogP contribution in [0.2, 0.25) is 0 Å². The third-order valence-electron chi connectivity index (χ3n) is 4.98. The van der Waals surface area contributed by atoms with Gasteiger partial charge in [-0.3, -0.25) is 9.36 Å². The molecule has 1 amide bonds. The lowest BCUT2D eigenvalue weighted by atomic mass is 10.0. The van der Waals surface area contributed by atoms with Gasteiger partial charge in [0.2, 0.25) is 0 Å². The van der Waals surface area contributed by atoms with Crippen LogP contribution in [0.1, 0.15) is 24.4 Å². The number of aryl methyl sites for hydroxylation is 1. The Balaban J connectivity index is 1.63. The largest absolute Gasteiger partial charge is 0.484 e. The van der Waals surface area contributed by atoms with Crippen LogP contribution in [0, 0.1) is 5.82 Å². The molecule has 7 nitrogen and oxygen atoms in total. The third-order valence-corrected chi connectivity index (χ3v) is 4.98. The van der Waals surface area contributed by atoms with Gasteiger partial charge in [-0.1, -0.05) is 30.3 Å². The van der Waals surface area contributed by atoms with Crippen LogP contribution in [0.3, 0.4) is 0 Å². The minimum atomic E-state index is -0.477. The van der Waals surface area contributed by atoms with Gasteiger partial charge in [-0.25, -0.2) is 13.9 Å². The summed E-state index contributed by atoms with van der Waals surface area (Å²) in [7, 11) is 0. The molecule has 0 radical (unpaired) electrons. The van der Waals surface area contributed by atoms with Crippen molar-refractivity contribution >= 4 is 5.91 Å². The molecule has 0 N–H and O–H groups in total. The highest BCUT2D eigenvalue weighted by Crippen LogP contribution is 2.30. The zero-order chi connectivity index (χ0) is 20.4. The number of hydrogen-bond donors (Lipinski definition) is 0. The Kier molecular flexibility index (Phi) is 5.16.